The molecule has 3 heteroatoms. The highest BCUT2D eigenvalue weighted by Gasteiger charge is 2.49. The molecule has 1 atom stereocenters. The van der Waals surface area contributed by atoms with Crippen molar-refractivity contribution >= 4 is 6.21 Å². The fourth-order valence-corrected chi connectivity index (χ4v) is 3.58. The molecule has 0 saturated heterocycles. The zero-order valence-electron chi connectivity index (χ0n) is 14.1. The van der Waals surface area contributed by atoms with Crippen LogP contribution in [0.25, 0.3) is 0 Å². The van der Waals surface area contributed by atoms with Gasteiger partial charge in [0.15, 0.2) is 0 Å². The standard InChI is InChI=1S/C20H23N3/c1-13(2)15-5-7-18-16(10-15)12-21-19(18)20(8-9-20)11-17-6-4-14(3)22-23-17/h4-7,10,12-13,16H,8-9,11H2,1-3H3. The maximum absolute atomic E-state index is 4.83. The minimum atomic E-state index is 0.192. The quantitative estimate of drug-likeness (QED) is 0.835. The molecule has 4 rings (SSSR count). The highest BCUT2D eigenvalue weighted by Crippen LogP contribution is 2.57. The van der Waals surface area contributed by atoms with Crippen LogP contribution in [0.2, 0.25) is 0 Å². The molecule has 0 amide bonds. The lowest BCUT2D eigenvalue weighted by molar-refractivity contribution is 0.577. The van der Waals surface area contributed by atoms with Crippen molar-refractivity contribution in [3.63, 3.8) is 0 Å². The number of aliphatic imine (C=N–C) groups is 1. The molecule has 1 unspecified atom stereocenters. The molecule has 0 bridgehead atoms. The fraction of sp³-hybridized carbons (Fsp3) is 0.450. The van der Waals surface area contributed by atoms with Gasteiger partial charge in [-0.25, -0.2) is 0 Å². The number of rotatable bonds is 4. The lowest BCUT2D eigenvalue weighted by Gasteiger charge is -2.20. The summed E-state index contributed by atoms with van der Waals surface area (Å²) in [5.74, 6) is 0.942. The third-order valence-electron chi connectivity index (χ3n) is 5.22. The van der Waals surface area contributed by atoms with Crippen molar-refractivity contribution in [2.75, 3.05) is 0 Å². The second-order valence-corrected chi connectivity index (χ2v) is 7.39. The van der Waals surface area contributed by atoms with Gasteiger partial charge in [-0.15, -0.1) is 0 Å². The molecule has 3 aliphatic rings. The number of fused-ring (bicyclic) bond motifs is 1. The number of aromatic nitrogens is 2. The molecule has 3 nitrogen and oxygen atoms in total. The Morgan fingerprint density at radius 2 is 2.00 bits per heavy atom. The molecule has 2 aliphatic carbocycles. The molecule has 1 aliphatic heterocycles. The van der Waals surface area contributed by atoms with Crippen molar-refractivity contribution in [2.45, 2.75) is 40.0 Å². The summed E-state index contributed by atoms with van der Waals surface area (Å²) in [5.41, 5.74) is 6.35. The highest BCUT2D eigenvalue weighted by atomic mass is 15.1. The molecule has 1 saturated carbocycles. The van der Waals surface area contributed by atoms with Crippen LogP contribution in [0.1, 0.15) is 38.1 Å². The predicted molar refractivity (Wildman–Crippen MR) is 93.2 cm³/mol. The van der Waals surface area contributed by atoms with E-state index in [4.69, 9.17) is 4.99 Å². The summed E-state index contributed by atoms with van der Waals surface area (Å²) >= 11 is 0. The topological polar surface area (TPSA) is 38.1 Å². The van der Waals surface area contributed by atoms with Crippen molar-refractivity contribution in [3.8, 4) is 0 Å². The average molecular weight is 305 g/mol. The third kappa shape index (κ3) is 2.58. The van der Waals surface area contributed by atoms with Crippen LogP contribution in [-0.2, 0) is 6.42 Å². The third-order valence-corrected chi connectivity index (χ3v) is 5.22. The van der Waals surface area contributed by atoms with Gasteiger partial charge in [-0.2, -0.15) is 10.2 Å². The average Bonchev–Trinajstić information content (AvgIpc) is 3.18. The van der Waals surface area contributed by atoms with Crippen LogP contribution >= 0.6 is 0 Å². The van der Waals surface area contributed by atoms with E-state index in [9.17, 15) is 0 Å². The summed E-state index contributed by atoms with van der Waals surface area (Å²) in [7, 11) is 0. The Kier molecular flexibility index (Phi) is 3.33. The van der Waals surface area contributed by atoms with Gasteiger partial charge in [0, 0.05) is 24.0 Å². The molecular weight excluding hydrogens is 282 g/mol. The van der Waals surface area contributed by atoms with E-state index in [1.807, 2.05) is 6.92 Å². The zero-order valence-corrected chi connectivity index (χ0v) is 14.1. The number of aryl methyl sites for hydroxylation is 1. The molecule has 0 spiro atoms. The second kappa shape index (κ2) is 5.26. The van der Waals surface area contributed by atoms with Crippen molar-refractivity contribution in [2.24, 2.45) is 22.2 Å². The number of hydrogen-bond acceptors (Lipinski definition) is 3. The van der Waals surface area contributed by atoms with Gasteiger partial charge in [-0.1, -0.05) is 32.1 Å². The lowest BCUT2D eigenvalue weighted by atomic mass is 9.84. The van der Waals surface area contributed by atoms with E-state index in [2.05, 4.69) is 60.6 Å². The van der Waals surface area contributed by atoms with E-state index < -0.39 is 0 Å². The summed E-state index contributed by atoms with van der Waals surface area (Å²) in [6.07, 6.45) is 12.4. The van der Waals surface area contributed by atoms with Gasteiger partial charge in [-0.05, 0) is 49.0 Å². The van der Waals surface area contributed by atoms with E-state index in [0.717, 1.165) is 17.8 Å². The molecule has 118 valence electrons. The van der Waals surface area contributed by atoms with Gasteiger partial charge >= 0.3 is 0 Å². The van der Waals surface area contributed by atoms with Crippen molar-refractivity contribution in [3.05, 3.63) is 58.6 Å². The van der Waals surface area contributed by atoms with E-state index in [0.29, 0.717) is 11.8 Å². The maximum Gasteiger partial charge on any atom is 0.0640 e. The van der Waals surface area contributed by atoms with Crippen LogP contribution in [0, 0.1) is 24.2 Å². The Bertz CT molecular complexity index is 744. The van der Waals surface area contributed by atoms with Crippen molar-refractivity contribution < 1.29 is 0 Å². The minimum absolute atomic E-state index is 0.192. The van der Waals surface area contributed by atoms with Gasteiger partial charge in [0.25, 0.3) is 0 Å². The normalized spacial score (nSPS) is 24.2. The first-order chi connectivity index (χ1) is 11.1. The molecule has 1 fully saturated rings. The van der Waals surface area contributed by atoms with Gasteiger partial charge in [-0.3, -0.25) is 4.99 Å². The van der Waals surface area contributed by atoms with Crippen LogP contribution < -0.4 is 0 Å². The molecule has 0 N–H and O–H groups in total. The van der Waals surface area contributed by atoms with Crippen LogP contribution in [0.5, 0.6) is 0 Å². The van der Waals surface area contributed by atoms with Gasteiger partial charge < -0.3 is 0 Å². The van der Waals surface area contributed by atoms with Crippen LogP contribution in [0.15, 0.2) is 52.2 Å². The SMILES string of the molecule is Cc1ccc(CC2(C3=C4C=CC(C(C)C)=CC4C=N3)CC2)nn1. The van der Waals surface area contributed by atoms with E-state index in [1.165, 1.54) is 29.7 Å². The number of allylic oxidation sites excluding steroid dienone is 6. The van der Waals surface area contributed by atoms with Crippen LogP contribution in [0.4, 0.5) is 0 Å². The molecule has 1 aromatic heterocycles. The van der Waals surface area contributed by atoms with Crippen LogP contribution in [0.3, 0.4) is 0 Å². The summed E-state index contributed by atoms with van der Waals surface area (Å²) < 4.78 is 0. The summed E-state index contributed by atoms with van der Waals surface area (Å²) in [4.78, 5) is 4.83. The minimum Gasteiger partial charge on any atom is -0.264 e. The first kappa shape index (κ1) is 14.6. The molecule has 23 heavy (non-hydrogen) atoms. The largest absolute Gasteiger partial charge is 0.264 e. The number of nitrogens with zero attached hydrogens (tertiary/aromatic N) is 3. The molecular formula is C20H23N3. The number of hydrogen-bond donors (Lipinski definition) is 0. The molecule has 1 aromatic rings. The van der Waals surface area contributed by atoms with E-state index >= 15 is 0 Å². The Balaban J connectivity index is 1.61. The summed E-state index contributed by atoms with van der Waals surface area (Å²) in [6.45, 7) is 6.47. The Labute approximate surface area is 137 Å². The fourth-order valence-electron chi connectivity index (χ4n) is 3.58. The zero-order chi connectivity index (χ0) is 16.0. The Morgan fingerprint density at radius 3 is 2.65 bits per heavy atom. The maximum atomic E-state index is 4.83. The first-order valence-electron chi connectivity index (χ1n) is 8.55. The highest BCUT2D eigenvalue weighted by molar-refractivity contribution is 5.77. The Hall–Kier alpha value is -2.03. The van der Waals surface area contributed by atoms with Crippen LogP contribution in [-0.4, -0.2) is 16.4 Å². The molecule has 0 radical (unpaired) electrons. The van der Waals surface area contributed by atoms with E-state index in [1.54, 1.807) is 0 Å². The Morgan fingerprint density at radius 1 is 1.17 bits per heavy atom. The van der Waals surface area contributed by atoms with Gasteiger partial charge in [0.1, 0.15) is 0 Å². The van der Waals surface area contributed by atoms with Crippen molar-refractivity contribution in [1.29, 1.82) is 0 Å². The monoisotopic (exact) mass is 305 g/mol. The predicted octanol–water partition coefficient (Wildman–Crippen LogP) is 4.21. The van der Waals surface area contributed by atoms with Gasteiger partial charge in [0.05, 0.1) is 17.1 Å². The smallest absolute Gasteiger partial charge is 0.0640 e. The first-order valence-corrected chi connectivity index (χ1v) is 8.55. The summed E-state index contributed by atoms with van der Waals surface area (Å²) in [6, 6.07) is 4.16. The summed E-state index contributed by atoms with van der Waals surface area (Å²) in [5, 5.41) is 8.56. The molecule has 0 aromatic carbocycles. The van der Waals surface area contributed by atoms with Crippen molar-refractivity contribution in [1.82, 2.24) is 10.2 Å². The lowest BCUT2D eigenvalue weighted by Crippen LogP contribution is -2.12. The molecule has 2 heterocycles. The van der Waals surface area contributed by atoms with E-state index in [-0.39, 0.29) is 5.41 Å². The second-order valence-electron chi connectivity index (χ2n) is 7.39. The van der Waals surface area contributed by atoms with Gasteiger partial charge in [0.2, 0.25) is 0 Å².